The summed E-state index contributed by atoms with van der Waals surface area (Å²) in [6, 6.07) is 6.21. The van der Waals surface area contributed by atoms with Gasteiger partial charge >= 0.3 is 0 Å². The predicted molar refractivity (Wildman–Crippen MR) is 80.5 cm³/mol. The summed E-state index contributed by atoms with van der Waals surface area (Å²) >= 11 is 0. The van der Waals surface area contributed by atoms with Crippen molar-refractivity contribution in [3.8, 4) is 0 Å². The Bertz CT molecular complexity index is 472. The molecule has 0 unspecified atom stereocenters. The van der Waals surface area contributed by atoms with Crippen molar-refractivity contribution in [2.75, 3.05) is 25.6 Å². The van der Waals surface area contributed by atoms with Crippen LogP contribution in [0.4, 0.5) is 5.69 Å². The van der Waals surface area contributed by atoms with Gasteiger partial charge < -0.3 is 10.1 Å². The fourth-order valence-electron chi connectivity index (χ4n) is 2.50. The molecule has 1 heterocycles. The van der Waals surface area contributed by atoms with E-state index in [1.807, 2.05) is 6.07 Å². The molecule has 0 bridgehead atoms. The zero-order chi connectivity index (χ0) is 14.5. The summed E-state index contributed by atoms with van der Waals surface area (Å²) in [7, 11) is 1.73. The maximum Gasteiger partial charge on any atom is 0.224 e. The largest absolute Gasteiger partial charge is 0.383 e. The number of fused-ring (bicyclic) bond motifs is 1. The molecule has 0 saturated carbocycles. The number of hydrogen-bond acceptors (Lipinski definition) is 3. The van der Waals surface area contributed by atoms with E-state index in [-0.39, 0.29) is 5.91 Å². The number of hydrogen-bond donors (Lipinski definition) is 1. The molecule has 110 valence electrons. The second kappa shape index (κ2) is 6.86. The van der Waals surface area contributed by atoms with Gasteiger partial charge in [0, 0.05) is 38.9 Å². The van der Waals surface area contributed by atoms with Gasteiger partial charge in [0.2, 0.25) is 5.91 Å². The standard InChI is InChI=1S/C16H24N2O2/c1-12(2)8-16(19)17-15-5-4-13-10-18(6-7-20-3)11-14(13)9-15/h4-5,9,12H,6-8,10-11H2,1-3H3,(H,17,19). The van der Waals surface area contributed by atoms with E-state index in [1.54, 1.807) is 7.11 Å². The molecule has 1 N–H and O–H groups in total. The first-order chi connectivity index (χ1) is 9.58. The van der Waals surface area contributed by atoms with E-state index in [2.05, 4.69) is 36.2 Å². The van der Waals surface area contributed by atoms with Crippen LogP contribution < -0.4 is 5.32 Å². The highest BCUT2D eigenvalue weighted by Gasteiger charge is 2.19. The topological polar surface area (TPSA) is 41.6 Å². The van der Waals surface area contributed by atoms with Crippen LogP contribution in [0.5, 0.6) is 0 Å². The molecule has 4 heteroatoms. The molecule has 1 aliphatic rings. The lowest BCUT2D eigenvalue weighted by Crippen LogP contribution is -2.21. The van der Waals surface area contributed by atoms with Crippen molar-refractivity contribution in [2.45, 2.75) is 33.4 Å². The van der Waals surface area contributed by atoms with Gasteiger partial charge in [-0.15, -0.1) is 0 Å². The monoisotopic (exact) mass is 276 g/mol. The molecular formula is C16H24N2O2. The van der Waals surface area contributed by atoms with E-state index in [9.17, 15) is 4.79 Å². The van der Waals surface area contributed by atoms with E-state index >= 15 is 0 Å². The number of anilines is 1. The zero-order valence-electron chi connectivity index (χ0n) is 12.6. The first kappa shape index (κ1) is 15.0. The Kier molecular flexibility index (Phi) is 5.15. The highest BCUT2D eigenvalue weighted by Crippen LogP contribution is 2.25. The number of amides is 1. The molecule has 0 saturated heterocycles. The van der Waals surface area contributed by atoms with Gasteiger partial charge in [-0.1, -0.05) is 19.9 Å². The molecule has 0 fully saturated rings. The number of rotatable bonds is 6. The normalized spacial score (nSPS) is 14.6. The van der Waals surface area contributed by atoms with Gasteiger partial charge in [0.05, 0.1) is 6.61 Å². The number of methoxy groups -OCH3 is 1. The number of carbonyl (C=O) groups excluding carboxylic acids is 1. The minimum absolute atomic E-state index is 0.0918. The van der Waals surface area contributed by atoms with Crippen molar-refractivity contribution in [3.05, 3.63) is 29.3 Å². The predicted octanol–water partition coefficient (Wildman–Crippen LogP) is 2.63. The molecule has 1 aromatic rings. The molecule has 2 rings (SSSR count). The first-order valence-corrected chi connectivity index (χ1v) is 7.21. The van der Waals surface area contributed by atoms with Crippen LogP contribution in [0.25, 0.3) is 0 Å². The van der Waals surface area contributed by atoms with Gasteiger partial charge in [0.25, 0.3) is 0 Å². The first-order valence-electron chi connectivity index (χ1n) is 7.21. The van der Waals surface area contributed by atoms with Gasteiger partial charge in [-0.2, -0.15) is 0 Å². The summed E-state index contributed by atoms with van der Waals surface area (Å²) in [5.41, 5.74) is 3.56. The second-order valence-corrected chi connectivity index (χ2v) is 5.83. The van der Waals surface area contributed by atoms with Crippen LogP contribution in [-0.4, -0.2) is 31.1 Å². The molecule has 1 amide bonds. The second-order valence-electron chi connectivity index (χ2n) is 5.83. The number of carbonyl (C=O) groups is 1. The minimum atomic E-state index is 0.0918. The van der Waals surface area contributed by atoms with Crippen LogP contribution in [0.1, 0.15) is 31.4 Å². The molecule has 0 radical (unpaired) electrons. The van der Waals surface area contributed by atoms with Crippen LogP contribution in [0, 0.1) is 5.92 Å². The maximum atomic E-state index is 11.8. The van der Waals surface area contributed by atoms with Crippen molar-refractivity contribution in [3.63, 3.8) is 0 Å². The molecule has 1 aromatic carbocycles. The lowest BCUT2D eigenvalue weighted by molar-refractivity contribution is -0.116. The third-order valence-corrected chi connectivity index (χ3v) is 3.48. The fraction of sp³-hybridized carbons (Fsp3) is 0.562. The summed E-state index contributed by atoms with van der Waals surface area (Å²) in [5, 5.41) is 2.98. The minimum Gasteiger partial charge on any atom is -0.383 e. The van der Waals surface area contributed by atoms with Gasteiger partial charge in [-0.25, -0.2) is 0 Å². The summed E-state index contributed by atoms with van der Waals surface area (Å²) in [4.78, 5) is 14.1. The van der Waals surface area contributed by atoms with Crippen molar-refractivity contribution in [1.82, 2.24) is 4.90 Å². The van der Waals surface area contributed by atoms with Gasteiger partial charge in [0.15, 0.2) is 0 Å². The summed E-state index contributed by atoms with van der Waals surface area (Å²) in [6.07, 6.45) is 0.567. The van der Waals surface area contributed by atoms with Crippen LogP contribution in [0.2, 0.25) is 0 Å². The smallest absolute Gasteiger partial charge is 0.224 e. The molecule has 20 heavy (non-hydrogen) atoms. The van der Waals surface area contributed by atoms with Gasteiger partial charge in [0.1, 0.15) is 0 Å². The number of benzene rings is 1. The average molecular weight is 276 g/mol. The molecule has 0 aliphatic carbocycles. The Hall–Kier alpha value is -1.39. The van der Waals surface area contributed by atoms with Crippen molar-refractivity contribution >= 4 is 11.6 Å². The van der Waals surface area contributed by atoms with E-state index in [0.29, 0.717) is 12.3 Å². The number of nitrogens with one attached hydrogen (secondary N) is 1. The van der Waals surface area contributed by atoms with E-state index < -0.39 is 0 Å². The molecule has 0 spiro atoms. The highest BCUT2D eigenvalue weighted by molar-refractivity contribution is 5.90. The molecule has 4 nitrogen and oxygen atoms in total. The Morgan fingerprint density at radius 2 is 2.10 bits per heavy atom. The quantitative estimate of drug-likeness (QED) is 0.868. The lowest BCUT2D eigenvalue weighted by Gasteiger charge is -2.13. The molecule has 0 atom stereocenters. The highest BCUT2D eigenvalue weighted by atomic mass is 16.5. The summed E-state index contributed by atoms with van der Waals surface area (Å²) in [6.45, 7) is 7.71. The fourth-order valence-corrected chi connectivity index (χ4v) is 2.50. The van der Waals surface area contributed by atoms with Crippen molar-refractivity contribution in [2.24, 2.45) is 5.92 Å². The summed E-state index contributed by atoms with van der Waals surface area (Å²) < 4.78 is 5.12. The Morgan fingerprint density at radius 1 is 1.35 bits per heavy atom. The van der Waals surface area contributed by atoms with Crippen LogP contribution in [-0.2, 0) is 22.6 Å². The van der Waals surface area contributed by atoms with Crippen LogP contribution in [0.15, 0.2) is 18.2 Å². The van der Waals surface area contributed by atoms with Gasteiger partial charge in [-0.3, -0.25) is 9.69 Å². The zero-order valence-corrected chi connectivity index (χ0v) is 12.6. The maximum absolute atomic E-state index is 11.8. The SMILES string of the molecule is COCCN1Cc2ccc(NC(=O)CC(C)C)cc2C1. The Morgan fingerprint density at radius 3 is 2.80 bits per heavy atom. The van der Waals surface area contributed by atoms with E-state index in [0.717, 1.165) is 31.9 Å². The van der Waals surface area contributed by atoms with Crippen LogP contribution in [0.3, 0.4) is 0 Å². The third-order valence-electron chi connectivity index (χ3n) is 3.48. The molecular weight excluding hydrogens is 252 g/mol. The number of nitrogens with zero attached hydrogens (tertiary/aromatic N) is 1. The van der Waals surface area contributed by atoms with Gasteiger partial charge in [-0.05, 0) is 29.2 Å². The summed E-state index contributed by atoms with van der Waals surface area (Å²) in [5.74, 6) is 0.475. The number of ether oxygens (including phenoxy) is 1. The van der Waals surface area contributed by atoms with E-state index in [1.165, 1.54) is 11.1 Å². The van der Waals surface area contributed by atoms with Crippen molar-refractivity contribution < 1.29 is 9.53 Å². The Labute approximate surface area is 121 Å². The molecule has 1 aliphatic heterocycles. The lowest BCUT2D eigenvalue weighted by atomic mass is 10.1. The average Bonchev–Trinajstić information content (AvgIpc) is 2.77. The van der Waals surface area contributed by atoms with Crippen LogP contribution >= 0.6 is 0 Å². The van der Waals surface area contributed by atoms with E-state index in [4.69, 9.17) is 4.74 Å². The Balaban J connectivity index is 1.95. The van der Waals surface area contributed by atoms with Crippen molar-refractivity contribution in [1.29, 1.82) is 0 Å². The molecule has 0 aromatic heterocycles. The third kappa shape index (κ3) is 4.05.